The second kappa shape index (κ2) is 9.84. The fraction of sp³-hybridized carbons (Fsp3) is 0.882. The van der Waals surface area contributed by atoms with E-state index in [9.17, 15) is 9.59 Å². The third-order valence-corrected chi connectivity index (χ3v) is 3.69. The molecule has 2 amide bonds. The van der Waals surface area contributed by atoms with Crippen molar-refractivity contribution in [1.29, 1.82) is 0 Å². The van der Waals surface area contributed by atoms with Crippen molar-refractivity contribution >= 4 is 12.0 Å². The van der Waals surface area contributed by atoms with E-state index in [-0.39, 0.29) is 18.0 Å². The Morgan fingerprint density at radius 1 is 1.29 bits per heavy atom. The monoisotopic (exact) mass is 344 g/mol. The van der Waals surface area contributed by atoms with E-state index in [1.165, 1.54) is 0 Å². The fourth-order valence-electron chi connectivity index (χ4n) is 2.47. The first-order valence-electron chi connectivity index (χ1n) is 8.71. The van der Waals surface area contributed by atoms with Crippen LogP contribution in [0.5, 0.6) is 0 Å². The highest BCUT2D eigenvalue weighted by Crippen LogP contribution is 2.20. The first-order valence-corrected chi connectivity index (χ1v) is 8.71. The van der Waals surface area contributed by atoms with Crippen molar-refractivity contribution in [3.05, 3.63) is 0 Å². The summed E-state index contributed by atoms with van der Waals surface area (Å²) >= 11 is 0. The minimum Gasteiger partial charge on any atom is -0.444 e. The van der Waals surface area contributed by atoms with Gasteiger partial charge in [0.05, 0.1) is 19.3 Å². The molecule has 1 saturated heterocycles. The quantitative estimate of drug-likeness (QED) is 0.681. The van der Waals surface area contributed by atoms with Crippen LogP contribution in [0.4, 0.5) is 4.79 Å². The minimum atomic E-state index is -0.540. The highest BCUT2D eigenvalue weighted by Gasteiger charge is 2.32. The lowest BCUT2D eigenvalue weighted by Gasteiger charge is -2.29. The molecule has 1 N–H and O–H groups in total. The van der Waals surface area contributed by atoms with E-state index in [0.717, 1.165) is 12.8 Å². The Balaban J connectivity index is 2.36. The smallest absolute Gasteiger partial charge is 0.410 e. The van der Waals surface area contributed by atoms with Gasteiger partial charge in [0.15, 0.2) is 0 Å². The molecule has 2 atom stereocenters. The number of rotatable bonds is 8. The second-order valence-corrected chi connectivity index (χ2v) is 6.92. The molecule has 0 spiro atoms. The van der Waals surface area contributed by atoms with Gasteiger partial charge in [0.1, 0.15) is 11.7 Å². The summed E-state index contributed by atoms with van der Waals surface area (Å²) in [7, 11) is 0. The van der Waals surface area contributed by atoms with Crippen LogP contribution in [0.2, 0.25) is 0 Å². The SMILES string of the molecule is CCOCCO[C@H](C)C(=O)NC[C@H]1CCCN1C(=O)OC(C)(C)C. The molecule has 0 unspecified atom stereocenters. The Labute approximate surface area is 145 Å². The lowest BCUT2D eigenvalue weighted by molar-refractivity contribution is -0.132. The molecule has 0 radical (unpaired) electrons. The van der Waals surface area contributed by atoms with Gasteiger partial charge in [0.25, 0.3) is 0 Å². The van der Waals surface area contributed by atoms with Crippen LogP contribution in [-0.2, 0) is 19.0 Å². The van der Waals surface area contributed by atoms with Gasteiger partial charge in [0, 0.05) is 19.7 Å². The van der Waals surface area contributed by atoms with Gasteiger partial charge in [-0.25, -0.2) is 4.79 Å². The number of hydrogen-bond acceptors (Lipinski definition) is 5. The largest absolute Gasteiger partial charge is 0.444 e. The van der Waals surface area contributed by atoms with Crippen LogP contribution in [0.15, 0.2) is 0 Å². The third kappa shape index (κ3) is 7.49. The van der Waals surface area contributed by atoms with Gasteiger partial charge in [-0.3, -0.25) is 4.79 Å². The van der Waals surface area contributed by atoms with E-state index in [4.69, 9.17) is 14.2 Å². The molecular weight excluding hydrogens is 312 g/mol. The number of hydrogen-bond donors (Lipinski definition) is 1. The van der Waals surface area contributed by atoms with Crippen molar-refractivity contribution in [1.82, 2.24) is 10.2 Å². The summed E-state index contributed by atoms with van der Waals surface area (Å²) in [5.74, 6) is -0.178. The molecule has 0 aromatic heterocycles. The highest BCUT2D eigenvalue weighted by molar-refractivity contribution is 5.80. The maximum atomic E-state index is 12.2. The lowest BCUT2D eigenvalue weighted by atomic mass is 10.2. The molecule has 24 heavy (non-hydrogen) atoms. The number of carbonyl (C=O) groups is 2. The fourth-order valence-corrected chi connectivity index (χ4v) is 2.47. The van der Waals surface area contributed by atoms with Gasteiger partial charge in [-0.15, -0.1) is 0 Å². The van der Waals surface area contributed by atoms with Gasteiger partial charge < -0.3 is 24.4 Å². The van der Waals surface area contributed by atoms with Crippen molar-refractivity contribution in [2.45, 2.75) is 65.2 Å². The Morgan fingerprint density at radius 2 is 2.00 bits per heavy atom. The molecule has 7 nitrogen and oxygen atoms in total. The third-order valence-electron chi connectivity index (χ3n) is 3.69. The molecule has 0 aliphatic carbocycles. The van der Waals surface area contributed by atoms with Crippen molar-refractivity contribution in [3.63, 3.8) is 0 Å². The van der Waals surface area contributed by atoms with Crippen LogP contribution in [0.3, 0.4) is 0 Å². The van der Waals surface area contributed by atoms with Crippen LogP contribution < -0.4 is 5.32 Å². The molecule has 0 aromatic rings. The molecule has 1 heterocycles. The summed E-state index contributed by atoms with van der Waals surface area (Å²) in [5, 5.41) is 2.86. The van der Waals surface area contributed by atoms with E-state index in [1.54, 1.807) is 11.8 Å². The first-order chi connectivity index (χ1) is 11.2. The van der Waals surface area contributed by atoms with Crippen LogP contribution in [0.25, 0.3) is 0 Å². The zero-order valence-corrected chi connectivity index (χ0v) is 15.6. The van der Waals surface area contributed by atoms with Crippen molar-refractivity contribution < 1.29 is 23.8 Å². The molecule has 140 valence electrons. The second-order valence-electron chi connectivity index (χ2n) is 6.92. The lowest BCUT2D eigenvalue weighted by Crippen LogP contribution is -2.46. The van der Waals surface area contributed by atoms with Crippen molar-refractivity contribution in [2.75, 3.05) is 32.9 Å². The topological polar surface area (TPSA) is 77.1 Å². The summed E-state index contributed by atoms with van der Waals surface area (Å²) in [6.45, 7) is 11.7. The van der Waals surface area contributed by atoms with E-state index >= 15 is 0 Å². The first kappa shape index (κ1) is 20.7. The number of nitrogens with zero attached hydrogens (tertiary/aromatic N) is 1. The standard InChI is InChI=1S/C17H32N2O5/c1-6-22-10-11-23-13(2)15(20)18-12-14-8-7-9-19(14)16(21)24-17(3,4)5/h13-14H,6-12H2,1-5H3,(H,18,20)/t13-,14-/m1/s1. The maximum absolute atomic E-state index is 12.2. The molecule has 1 fully saturated rings. The van der Waals surface area contributed by atoms with Gasteiger partial charge >= 0.3 is 6.09 Å². The summed E-state index contributed by atoms with van der Waals surface area (Å²) in [6.07, 6.45) is 0.918. The zero-order valence-electron chi connectivity index (χ0n) is 15.6. The van der Waals surface area contributed by atoms with E-state index < -0.39 is 11.7 Å². The van der Waals surface area contributed by atoms with Crippen LogP contribution in [-0.4, -0.2) is 67.6 Å². The normalized spacial score (nSPS) is 19.2. The molecule has 1 rings (SSSR count). The predicted octanol–water partition coefficient (Wildman–Crippen LogP) is 1.94. The average Bonchev–Trinajstić information content (AvgIpc) is 2.95. The summed E-state index contributed by atoms with van der Waals surface area (Å²) in [5.41, 5.74) is -0.517. The number of ether oxygens (including phenoxy) is 3. The van der Waals surface area contributed by atoms with Crippen LogP contribution in [0, 0.1) is 0 Å². The molecule has 0 saturated carbocycles. The molecule has 7 heteroatoms. The molecule has 1 aliphatic rings. The highest BCUT2D eigenvalue weighted by atomic mass is 16.6. The average molecular weight is 344 g/mol. The maximum Gasteiger partial charge on any atom is 0.410 e. The number of amides is 2. The Morgan fingerprint density at radius 3 is 2.62 bits per heavy atom. The molecule has 0 bridgehead atoms. The summed E-state index contributed by atoms with van der Waals surface area (Å²) in [6, 6.07) is -0.0283. The minimum absolute atomic E-state index is 0.0283. The molecule has 1 aliphatic heterocycles. The zero-order chi connectivity index (χ0) is 18.2. The summed E-state index contributed by atoms with van der Waals surface area (Å²) < 4.78 is 16.0. The molecule has 0 aromatic carbocycles. The van der Waals surface area contributed by atoms with E-state index in [1.807, 2.05) is 27.7 Å². The predicted molar refractivity (Wildman–Crippen MR) is 90.9 cm³/mol. The van der Waals surface area contributed by atoms with Gasteiger partial charge in [0.2, 0.25) is 5.91 Å². The number of carbonyl (C=O) groups excluding carboxylic acids is 2. The van der Waals surface area contributed by atoms with Crippen molar-refractivity contribution in [3.8, 4) is 0 Å². The van der Waals surface area contributed by atoms with Gasteiger partial charge in [-0.2, -0.15) is 0 Å². The Bertz CT molecular complexity index is 408. The Kier molecular flexibility index (Phi) is 8.48. The number of likely N-dealkylation sites (tertiary alicyclic amines) is 1. The molecular formula is C17H32N2O5. The van der Waals surface area contributed by atoms with Gasteiger partial charge in [-0.1, -0.05) is 0 Å². The summed E-state index contributed by atoms with van der Waals surface area (Å²) in [4.78, 5) is 26.0. The van der Waals surface area contributed by atoms with Crippen molar-refractivity contribution in [2.24, 2.45) is 0 Å². The number of nitrogens with one attached hydrogen (secondary N) is 1. The van der Waals surface area contributed by atoms with Crippen LogP contribution in [0.1, 0.15) is 47.5 Å². The Hall–Kier alpha value is -1.34. The van der Waals surface area contributed by atoms with Crippen LogP contribution >= 0.6 is 0 Å². The van der Waals surface area contributed by atoms with E-state index in [2.05, 4.69) is 5.32 Å². The van der Waals surface area contributed by atoms with Gasteiger partial charge in [-0.05, 0) is 47.5 Å². The van der Waals surface area contributed by atoms with E-state index in [0.29, 0.717) is 32.9 Å².